The molecule has 27 heavy (non-hydrogen) atoms. The fraction of sp³-hybridized carbons (Fsp3) is 0.400. The average molecular weight is 432 g/mol. The summed E-state index contributed by atoms with van der Waals surface area (Å²) in [5.74, 6) is 0.717. The third kappa shape index (κ3) is 6.44. The lowest BCUT2D eigenvalue weighted by molar-refractivity contribution is 0.0663. The Labute approximate surface area is 177 Å². The zero-order valence-electron chi connectivity index (χ0n) is 15.3. The largest absolute Gasteiger partial charge is 0.491 e. The van der Waals surface area contributed by atoms with Crippen LogP contribution >= 0.6 is 35.6 Å². The van der Waals surface area contributed by atoms with Gasteiger partial charge in [0.2, 0.25) is 0 Å². The van der Waals surface area contributed by atoms with Crippen LogP contribution in [0.4, 0.5) is 5.69 Å². The first kappa shape index (κ1) is 22.1. The van der Waals surface area contributed by atoms with Crippen molar-refractivity contribution in [1.29, 1.82) is 0 Å². The van der Waals surface area contributed by atoms with E-state index < -0.39 is 6.10 Å². The number of ether oxygens (including phenoxy) is 1. The molecule has 4 nitrogen and oxygen atoms in total. The Morgan fingerprint density at radius 3 is 2.30 bits per heavy atom. The maximum Gasteiger partial charge on any atom is 0.119 e. The zero-order valence-corrected chi connectivity index (χ0v) is 17.6. The van der Waals surface area contributed by atoms with Crippen molar-refractivity contribution in [2.45, 2.75) is 13.0 Å². The zero-order chi connectivity index (χ0) is 18.5. The normalized spacial score (nSPS) is 15.9. The van der Waals surface area contributed by atoms with Crippen LogP contribution in [-0.2, 0) is 0 Å². The van der Waals surface area contributed by atoms with E-state index in [2.05, 4.69) is 22.8 Å². The minimum Gasteiger partial charge on any atom is -0.491 e. The van der Waals surface area contributed by atoms with Crippen molar-refractivity contribution in [3.05, 3.63) is 58.1 Å². The first-order valence-electron chi connectivity index (χ1n) is 8.81. The molecule has 1 saturated heterocycles. The molecule has 1 N–H and O–H groups in total. The van der Waals surface area contributed by atoms with Crippen LogP contribution in [0.2, 0.25) is 10.0 Å². The number of rotatable bonds is 6. The Morgan fingerprint density at radius 2 is 1.63 bits per heavy atom. The van der Waals surface area contributed by atoms with Gasteiger partial charge in [-0.3, -0.25) is 4.90 Å². The van der Waals surface area contributed by atoms with E-state index in [-0.39, 0.29) is 19.0 Å². The first-order valence-corrected chi connectivity index (χ1v) is 9.57. The predicted octanol–water partition coefficient (Wildman–Crippen LogP) is 4.29. The molecule has 1 heterocycles. The van der Waals surface area contributed by atoms with Crippen molar-refractivity contribution >= 4 is 41.3 Å². The number of piperazine rings is 1. The molecule has 0 bridgehead atoms. The summed E-state index contributed by atoms with van der Waals surface area (Å²) in [6.07, 6.45) is -0.523. The minimum atomic E-state index is -0.523. The van der Waals surface area contributed by atoms with Crippen LogP contribution < -0.4 is 9.64 Å². The standard InChI is InChI=1S/C20H24Cl2N2O2.ClH/c1-15-2-3-17(22)12-20(15)24-10-8-23(9-11-24)13-18(25)14-26-19-6-4-16(21)5-7-19;/h2-7,12,18,25H,8-11,13-14H2,1H3;1H. The van der Waals surface area contributed by atoms with E-state index in [0.29, 0.717) is 11.6 Å². The summed E-state index contributed by atoms with van der Waals surface area (Å²) < 4.78 is 5.62. The average Bonchev–Trinajstić information content (AvgIpc) is 2.64. The van der Waals surface area contributed by atoms with Gasteiger partial charge in [-0.1, -0.05) is 29.3 Å². The van der Waals surface area contributed by atoms with Crippen LogP contribution in [0.3, 0.4) is 0 Å². The van der Waals surface area contributed by atoms with Gasteiger partial charge in [0.1, 0.15) is 18.5 Å². The van der Waals surface area contributed by atoms with Gasteiger partial charge in [0, 0.05) is 48.5 Å². The van der Waals surface area contributed by atoms with Crippen molar-refractivity contribution in [3.8, 4) is 5.75 Å². The van der Waals surface area contributed by atoms with Gasteiger partial charge in [-0.25, -0.2) is 0 Å². The van der Waals surface area contributed by atoms with Gasteiger partial charge >= 0.3 is 0 Å². The van der Waals surface area contributed by atoms with Crippen LogP contribution in [0.25, 0.3) is 0 Å². The number of aryl methyl sites for hydroxylation is 1. The fourth-order valence-electron chi connectivity index (χ4n) is 3.17. The molecule has 1 fully saturated rings. The van der Waals surface area contributed by atoms with E-state index in [1.54, 1.807) is 24.3 Å². The van der Waals surface area contributed by atoms with Crippen molar-refractivity contribution < 1.29 is 9.84 Å². The highest BCUT2D eigenvalue weighted by atomic mass is 35.5. The summed E-state index contributed by atoms with van der Waals surface area (Å²) in [6.45, 7) is 6.65. The highest BCUT2D eigenvalue weighted by Gasteiger charge is 2.20. The number of nitrogens with zero attached hydrogens (tertiary/aromatic N) is 2. The first-order chi connectivity index (χ1) is 12.5. The second kappa shape index (κ2) is 10.4. The number of aliphatic hydroxyl groups excluding tert-OH is 1. The molecule has 2 aromatic carbocycles. The minimum absolute atomic E-state index is 0. The molecule has 1 aliphatic heterocycles. The molecule has 0 amide bonds. The second-order valence-corrected chi connectivity index (χ2v) is 7.51. The third-order valence-electron chi connectivity index (χ3n) is 4.61. The number of halogens is 3. The molecule has 0 radical (unpaired) electrons. The Morgan fingerprint density at radius 1 is 1.00 bits per heavy atom. The molecular weight excluding hydrogens is 407 g/mol. The highest BCUT2D eigenvalue weighted by molar-refractivity contribution is 6.31. The number of anilines is 1. The highest BCUT2D eigenvalue weighted by Crippen LogP contribution is 2.25. The van der Waals surface area contributed by atoms with Crippen molar-refractivity contribution in [1.82, 2.24) is 4.90 Å². The van der Waals surface area contributed by atoms with Crippen LogP contribution in [0, 0.1) is 6.92 Å². The molecule has 7 heteroatoms. The Kier molecular flexibility index (Phi) is 8.52. The van der Waals surface area contributed by atoms with Crippen LogP contribution in [0.5, 0.6) is 5.75 Å². The number of hydrogen-bond donors (Lipinski definition) is 1. The number of benzene rings is 2. The van der Waals surface area contributed by atoms with E-state index in [9.17, 15) is 5.11 Å². The fourth-order valence-corrected chi connectivity index (χ4v) is 3.46. The van der Waals surface area contributed by atoms with Crippen LogP contribution in [-0.4, -0.2) is 55.4 Å². The number of β-amino-alcohol motifs (C(OH)–C–C–N with tert-alkyl or cyclic N) is 1. The molecule has 0 aromatic heterocycles. The number of hydrogen-bond acceptors (Lipinski definition) is 4. The van der Waals surface area contributed by atoms with Crippen molar-refractivity contribution in [3.63, 3.8) is 0 Å². The maximum absolute atomic E-state index is 10.3. The Bertz CT molecular complexity index is 720. The quantitative estimate of drug-likeness (QED) is 0.740. The summed E-state index contributed by atoms with van der Waals surface area (Å²) in [4.78, 5) is 4.63. The molecular formula is C20H25Cl3N2O2. The van der Waals surface area contributed by atoms with Gasteiger partial charge in [0.25, 0.3) is 0 Å². The van der Waals surface area contributed by atoms with E-state index in [0.717, 1.165) is 37.0 Å². The van der Waals surface area contributed by atoms with Gasteiger partial charge in [0.15, 0.2) is 0 Å². The van der Waals surface area contributed by atoms with Crippen LogP contribution in [0.1, 0.15) is 5.56 Å². The smallest absolute Gasteiger partial charge is 0.119 e. The maximum atomic E-state index is 10.3. The monoisotopic (exact) mass is 430 g/mol. The Balaban J connectivity index is 0.00000261. The molecule has 0 saturated carbocycles. The van der Waals surface area contributed by atoms with Crippen LogP contribution in [0.15, 0.2) is 42.5 Å². The lowest BCUT2D eigenvalue weighted by atomic mass is 10.1. The van der Waals surface area contributed by atoms with E-state index in [4.69, 9.17) is 27.9 Å². The van der Waals surface area contributed by atoms with Gasteiger partial charge in [-0.2, -0.15) is 0 Å². The molecule has 0 spiro atoms. The summed E-state index contributed by atoms with van der Waals surface area (Å²) in [7, 11) is 0. The van der Waals surface area contributed by atoms with Gasteiger partial charge in [-0.05, 0) is 48.9 Å². The molecule has 1 unspecified atom stereocenters. The van der Waals surface area contributed by atoms with E-state index in [1.165, 1.54) is 11.3 Å². The lowest BCUT2D eigenvalue weighted by Crippen LogP contribution is -2.49. The lowest BCUT2D eigenvalue weighted by Gasteiger charge is -2.37. The third-order valence-corrected chi connectivity index (χ3v) is 5.10. The van der Waals surface area contributed by atoms with Crippen molar-refractivity contribution in [2.24, 2.45) is 0 Å². The molecule has 1 aliphatic rings. The van der Waals surface area contributed by atoms with Gasteiger partial charge in [0.05, 0.1) is 0 Å². The van der Waals surface area contributed by atoms with E-state index >= 15 is 0 Å². The molecule has 3 rings (SSSR count). The molecule has 1 atom stereocenters. The Hall–Kier alpha value is -1.17. The van der Waals surface area contributed by atoms with Crippen molar-refractivity contribution in [2.75, 3.05) is 44.2 Å². The number of aliphatic hydroxyl groups is 1. The molecule has 2 aromatic rings. The van der Waals surface area contributed by atoms with Gasteiger partial charge in [-0.15, -0.1) is 12.4 Å². The summed E-state index contributed by atoms with van der Waals surface area (Å²) in [5.41, 5.74) is 2.43. The molecule has 0 aliphatic carbocycles. The predicted molar refractivity (Wildman–Crippen MR) is 115 cm³/mol. The second-order valence-electron chi connectivity index (χ2n) is 6.64. The van der Waals surface area contributed by atoms with E-state index in [1.807, 2.05) is 12.1 Å². The summed E-state index contributed by atoms with van der Waals surface area (Å²) >= 11 is 12.0. The summed E-state index contributed by atoms with van der Waals surface area (Å²) in [6, 6.07) is 13.2. The van der Waals surface area contributed by atoms with Gasteiger partial charge < -0.3 is 14.7 Å². The SMILES string of the molecule is Cc1ccc(Cl)cc1N1CCN(CC(O)COc2ccc(Cl)cc2)CC1.Cl. The summed E-state index contributed by atoms with van der Waals surface area (Å²) in [5, 5.41) is 11.7. The molecule has 148 valence electrons. The topological polar surface area (TPSA) is 35.9 Å².